The van der Waals surface area contributed by atoms with Crippen LogP contribution in [0.3, 0.4) is 0 Å². The highest BCUT2D eigenvalue weighted by molar-refractivity contribution is 6.02. The molecule has 0 aromatic rings. The van der Waals surface area contributed by atoms with E-state index in [-0.39, 0.29) is 55.0 Å². The third kappa shape index (κ3) is 3.22. The summed E-state index contributed by atoms with van der Waals surface area (Å²) in [6.45, 7) is 9.78. The van der Waals surface area contributed by atoms with Gasteiger partial charge in [0.2, 0.25) is 0 Å². The second-order valence-corrected chi connectivity index (χ2v) is 10.5. The van der Waals surface area contributed by atoms with Crippen LogP contribution in [0.1, 0.15) is 66.7 Å². The molecule has 4 aliphatic carbocycles. The van der Waals surface area contributed by atoms with E-state index < -0.39 is 34.7 Å². The number of esters is 4. The number of hydrogen-bond donors (Lipinski definition) is 0. The van der Waals surface area contributed by atoms with Crippen molar-refractivity contribution in [3.63, 3.8) is 0 Å². The molecule has 0 aliphatic heterocycles. The van der Waals surface area contributed by atoms with Gasteiger partial charge in [-0.15, -0.1) is 0 Å². The van der Waals surface area contributed by atoms with Gasteiger partial charge in [-0.05, 0) is 88.4 Å². The molecule has 33 heavy (non-hydrogen) atoms. The maximum absolute atomic E-state index is 13.2. The Morgan fingerprint density at radius 3 is 1.36 bits per heavy atom. The van der Waals surface area contributed by atoms with Gasteiger partial charge in [0.15, 0.2) is 10.8 Å². The fourth-order valence-electron chi connectivity index (χ4n) is 7.61. The quantitative estimate of drug-likeness (QED) is 0.307. The van der Waals surface area contributed by atoms with Gasteiger partial charge in [-0.2, -0.15) is 0 Å². The highest BCUT2D eigenvalue weighted by Gasteiger charge is 2.86. The van der Waals surface area contributed by atoms with Gasteiger partial charge in [0.05, 0.1) is 26.4 Å². The van der Waals surface area contributed by atoms with Gasteiger partial charge >= 0.3 is 23.9 Å². The van der Waals surface area contributed by atoms with Crippen molar-refractivity contribution in [3.8, 4) is 0 Å². The van der Waals surface area contributed by atoms with Crippen molar-refractivity contribution >= 4 is 23.9 Å². The summed E-state index contributed by atoms with van der Waals surface area (Å²) in [5.74, 6) is -1.72. The molecular weight excluding hydrogens is 428 g/mol. The zero-order valence-electron chi connectivity index (χ0n) is 20.4. The zero-order chi connectivity index (χ0) is 24.2. The van der Waals surface area contributed by atoms with E-state index in [0.717, 1.165) is 6.42 Å². The topological polar surface area (TPSA) is 105 Å². The van der Waals surface area contributed by atoms with Crippen LogP contribution in [0.4, 0.5) is 0 Å². The number of ether oxygens (including phenoxy) is 4. The predicted molar refractivity (Wildman–Crippen MR) is 115 cm³/mol. The Morgan fingerprint density at radius 1 is 0.636 bits per heavy atom. The lowest BCUT2D eigenvalue weighted by atomic mass is 9.73. The molecule has 4 aliphatic rings. The molecule has 4 rings (SSSR count). The predicted octanol–water partition coefficient (Wildman–Crippen LogP) is 3.06. The molecule has 5 atom stereocenters. The molecule has 8 nitrogen and oxygen atoms in total. The van der Waals surface area contributed by atoms with E-state index in [2.05, 4.69) is 6.92 Å². The first-order chi connectivity index (χ1) is 15.6. The van der Waals surface area contributed by atoms with E-state index in [0.29, 0.717) is 25.7 Å². The molecule has 4 saturated carbocycles. The van der Waals surface area contributed by atoms with Crippen molar-refractivity contribution in [3.05, 3.63) is 0 Å². The van der Waals surface area contributed by atoms with E-state index in [1.807, 2.05) is 0 Å². The van der Waals surface area contributed by atoms with Crippen LogP contribution in [0.15, 0.2) is 0 Å². The van der Waals surface area contributed by atoms with Crippen LogP contribution in [-0.2, 0) is 38.1 Å². The van der Waals surface area contributed by atoms with Gasteiger partial charge in [-0.25, -0.2) is 0 Å². The fourth-order valence-corrected chi connectivity index (χ4v) is 7.61. The van der Waals surface area contributed by atoms with Crippen LogP contribution >= 0.6 is 0 Å². The zero-order valence-corrected chi connectivity index (χ0v) is 20.4. The number of fused-ring (bicyclic) bond motifs is 2. The molecule has 0 aromatic heterocycles. The molecule has 0 N–H and O–H groups in total. The molecule has 8 heteroatoms. The average Bonchev–Trinajstić information content (AvgIpc) is 3.54. The molecule has 1 spiro atoms. The van der Waals surface area contributed by atoms with Gasteiger partial charge in [0.25, 0.3) is 0 Å². The Bertz CT molecular complexity index is 828. The highest BCUT2D eigenvalue weighted by atomic mass is 16.6. The Kier molecular flexibility index (Phi) is 5.81. The Morgan fingerprint density at radius 2 is 1.00 bits per heavy atom. The molecule has 0 radical (unpaired) electrons. The number of hydrogen-bond acceptors (Lipinski definition) is 8. The average molecular weight is 465 g/mol. The summed E-state index contributed by atoms with van der Waals surface area (Å²) in [5.41, 5.74) is -3.17. The van der Waals surface area contributed by atoms with E-state index in [1.165, 1.54) is 0 Å². The minimum absolute atomic E-state index is 0.0533. The smallest absolute Gasteiger partial charge is 0.323 e. The largest absolute Gasteiger partial charge is 0.465 e. The van der Waals surface area contributed by atoms with Crippen molar-refractivity contribution in [1.29, 1.82) is 0 Å². The summed E-state index contributed by atoms with van der Waals surface area (Å²) >= 11 is 0. The third-order valence-corrected chi connectivity index (χ3v) is 8.87. The molecular formula is C25H36O8. The SMILES string of the molecule is CCOC(=O)C1(C(=O)OCC)CC2C3CC(C(=O)OCC)(C(=O)OCC)CC23C2CC2(C)C1. The Labute approximate surface area is 195 Å². The van der Waals surface area contributed by atoms with Gasteiger partial charge in [-0.3, -0.25) is 19.2 Å². The summed E-state index contributed by atoms with van der Waals surface area (Å²) in [6, 6.07) is 0. The van der Waals surface area contributed by atoms with Crippen LogP contribution in [-0.4, -0.2) is 50.3 Å². The van der Waals surface area contributed by atoms with Crippen LogP contribution in [0.2, 0.25) is 0 Å². The molecule has 4 fully saturated rings. The second-order valence-electron chi connectivity index (χ2n) is 10.5. The van der Waals surface area contributed by atoms with Crippen LogP contribution in [0.5, 0.6) is 0 Å². The van der Waals surface area contributed by atoms with Crippen molar-refractivity contribution in [2.75, 3.05) is 26.4 Å². The number of rotatable bonds is 8. The molecule has 0 bridgehead atoms. The van der Waals surface area contributed by atoms with Gasteiger partial charge in [0, 0.05) is 0 Å². The fraction of sp³-hybridized carbons (Fsp3) is 0.840. The van der Waals surface area contributed by atoms with Crippen LogP contribution in [0, 0.1) is 39.4 Å². The molecule has 184 valence electrons. The van der Waals surface area contributed by atoms with E-state index in [1.54, 1.807) is 27.7 Å². The monoisotopic (exact) mass is 464 g/mol. The van der Waals surface area contributed by atoms with Crippen molar-refractivity contribution in [2.24, 2.45) is 39.4 Å². The maximum atomic E-state index is 13.2. The Balaban J connectivity index is 1.71. The summed E-state index contributed by atoms with van der Waals surface area (Å²) in [5, 5.41) is 0. The standard InChI is InChI=1S/C25H36O8/c1-6-30-18(26)23(19(27)31-7-2)10-15-16-11-24(20(28)32-8-3,21(29)33-9-4)14-25(15,16)17-12-22(17,5)13-23/h15-17H,6-14H2,1-5H3. The van der Waals surface area contributed by atoms with Crippen molar-refractivity contribution in [1.82, 2.24) is 0 Å². The summed E-state index contributed by atoms with van der Waals surface area (Å²) in [4.78, 5) is 52.5. The Hall–Kier alpha value is -2.12. The first-order valence-electron chi connectivity index (χ1n) is 12.3. The summed E-state index contributed by atoms with van der Waals surface area (Å²) < 4.78 is 21.5. The molecule has 0 heterocycles. The lowest BCUT2D eigenvalue weighted by Gasteiger charge is -2.32. The minimum Gasteiger partial charge on any atom is -0.465 e. The highest BCUT2D eigenvalue weighted by Crippen LogP contribution is 2.88. The van der Waals surface area contributed by atoms with Crippen LogP contribution in [0.25, 0.3) is 0 Å². The molecule has 0 aromatic carbocycles. The lowest BCUT2D eigenvalue weighted by Crippen LogP contribution is -2.45. The van der Waals surface area contributed by atoms with Crippen LogP contribution < -0.4 is 0 Å². The minimum atomic E-state index is -1.34. The van der Waals surface area contributed by atoms with E-state index in [9.17, 15) is 19.2 Å². The van der Waals surface area contributed by atoms with Gasteiger partial charge in [0.1, 0.15) is 0 Å². The summed E-state index contributed by atoms with van der Waals surface area (Å²) in [7, 11) is 0. The molecule has 0 saturated heterocycles. The van der Waals surface area contributed by atoms with Crippen molar-refractivity contribution in [2.45, 2.75) is 66.7 Å². The van der Waals surface area contributed by atoms with E-state index >= 15 is 0 Å². The number of carbonyl (C=O) groups excluding carboxylic acids is 4. The maximum Gasteiger partial charge on any atom is 0.323 e. The molecule has 5 unspecified atom stereocenters. The van der Waals surface area contributed by atoms with Crippen molar-refractivity contribution < 1.29 is 38.1 Å². The third-order valence-electron chi connectivity index (χ3n) is 8.87. The normalized spacial score (nSPS) is 36.2. The number of carbonyl (C=O) groups is 4. The lowest BCUT2D eigenvalue weighted by molar-refractivity contribution is -0.177. The first kappa shape index (κ1) is 24.0. The van der Waals surface area contributed by atoms with E-state index in [4.69, 9.17) is 18.9 Å². The van der Waals surface area contributed by atoms with Gasteiger partial charge < -0.3 is 18.9 Å². The molecule has 0 amide bonds. The van der Waals surface area contributed by atoms with Gasteiger partial charge in [-0.1, -0.05) is 6.92 Å². The second kappa shape index (κ2) is 7.98. The summed E-state index contributed by atoms with van der Waals surface area (Å²) in [6.07, 6.45) is 2.25. The first-order valence-corrected chi connectivity index (χ1v) is 12.3.